The molecule has 0 aliphatic carbocycles. The van der Waals surface area contributed by atoms with Crippen LogP contribution in [0.1, 0.15) is 18.5 Å². The largest absolute Gasteiger partial charge is 0.497 e. The van der Waals surface area contributed by atoms with Gasteiger partial charge in [-0.15, -0.1) is 0 Å². The zero-order chi connectivity index (χ0) is 15.4. The van der Waals surface area contributed by atoms with Gasteiger partial charge in [0.05, 0.1) is 19.3 Å². The SMILES string of the molecule is COc1cccc(C(C(C)N)N2CC(OC)C(OC)C2)c1. The van der Waals surface area contributed by atoms with Gasteiger partial charge in [-0.1, -0.05) is 12.1 Å². The van der Waals surface area contributed by atoms with Crippen molar-refractivity contribution in [1.29, 1.82) is 0 Å². The molecule has 2 rings (SSSR count). The Morgan fingerprint density at radius 1 is 1.14 bits per heavy atom. The lowest BCUT2D eigenvalue weighted by Gasteiger charge is -2.31. The number of likely N-dealkylation sites (tertiary alicyclic amines) is 1. The van der Waals surface area contributed by atoms with Crippen molar-refractivity contribution >= 4 is 0 Å². The molecule has 4 atom stereocenters. The van der Waals surface area contributed by atoms with E-state index >= 15 is 0 Å². The molecule has 1 aliphatic rings. The van der Waals surface area contributed by atoms with Gasteiger partial charge in [-0.2, -0.15) is 0 Å². The summed E-state index contributed by atoms with van der Waals surface area (Å²) in [6.07, 6.45) is 0.170. The molecule has 5 nitrogen and oxygen atoms in total. The number of benzene rings is 1. The highest BCUT2D eigenvalue weighted by atomic mass is 16.5. The Balaban J connectivity index is 2.23. The van der Waals surface area contributed by atoms with E-state index in [0.29, 0.717) is 0 Å². The third-order valence-corrected chi connectivity index (χ3v) is 4.18. The number of nitrogens with zero attached hydrogens (tertiary/aromatic N) is 1. The van der Waals surface area contributed by atoms with Gasteiger partial charge in [-0.05, 0) is 24.6 Å². The predicted octanol–water partition coefficient (Wildman–Crippen LogP) is 1.43. The fourth-order valence-corrected chi connectivity index (χ4v) is 3.12. The van der Waals surface area contributed by atoms with Gasteiger partial charge in [0.1, 0.15) is 5.75 Å². The van der Waals surface area contributed by atoms with E-state index in [0.717, 1.165) is 24.4 Å². The first kappa shape index (κ1) is 16.2. The Hall–Kier alpha value is -1.14. The van der Waals surface area contributed by atoms with Crippen LogP contribution in [0.25, 0.3) is 0 Å². The fraction of sp³-hybridized carbons (Fsp3) is 0.625. The lowest BCUT2D eigenvalue weighted by Crippen LogP contribution is -2.39. The standard InChI is InChI=1S/C16H26N2O3/c1-11(17)16(12-6-5-7-13(8-12)19-2)18-9-14(20-3)15(10-18)21-4/h5-8,11,14-16H,9-10,17H2,1-4H3. The van der Waals surface area contributed by atoms with Crippen LogP contribution in [0.15, 0.2) is 24.3 Å². The van der Waals surface area contributed by atoms with Crippen molar-refractivity contribution in [2.24, 2.45) is 5.73 Å². The molecule has 1 saturated heterocycles. The van der Waals surface area contributed by atoms with E-state index in [-0.39, 0.29) is 24.3 Å². The molecule has 0 spiro atoms. The summed E-state index contributed by atoms with van der Waals surface area (Å²) in [5.41, 5.74) is 7.41. The molecule has 1 aromatic carbocycles. The molecule has 118 valence electrons. The minimum absolute atomic E-state index is 0.00483. The molecule has 5 heteroatoms. The minimum atomic E-state index is 0.00483. The summed E-state index contributed by atoms with van der Waals surface area (Å²) in [4.78, 5) is 2.34. The van der Waals surface area contributed by atoms with E-state index in [4.69, 9.17) is 19.9 Å². The molecule has 0 amide bonds. The van der Waals surface area contributed by atoms with Crippen molar-refractivity contribution in [2.75, 3.05) is 34.4 Å². The fourth-order valence-electron chi connectivity index (χ4n) is 3.12. The molecule has 2 N–H and O–H groups in total. The van der Waals surface area contributed by atoms with Crippen LogP contribution in [-0.4, -0.2) is 57.6 Å². The molecule has 4 unspecified atom stereocenters. The molecular formula is C16H26N2O3. The van der Waals surface area contributed by atoms with Crippen molar-refractivity contribution in [2.45, 2.75) is 31.2 Å². The average molecular weight is 294 g/mol. The van der Waals surface area contributed by atoms with Crippen molar-refractivity contribution in [3.63, 3.8) is 0 Å². The molecule has 21 heavy (non-hydrogen) atoms. The molecule has 0 bridgehead atoms. The van der Waals surface area contributed by atoms with Crippen LogP contribution >= 0.6 is 0 Å². The number of hydrogen-bond acceptors (Lipinski definition) is 5. The zero-order valence-electron chi connectivity index (χ0n) is 13.3. The molecule has 1 aromatic rings. The second-order valence-corrected chi connectivity index (χ2v) is 5.58. The molecule has 1 fully saturated rings. The van der Waals surface area contributed by atoms with Gasteiger partial charge in [0.25, 0.3) is 0 Å². The van der Waals surface area contributed by atoms with Crippen LogP contribution in [0.3, 0.4) is 0 Å². The first-order valence-electron chi connectivity index (χ1n) is 7.29. The molecule has 0 radical (unpaired) electrons. The van der Waals surface area contributed by atoms with E-state index < -0.39 is 0 Å². The van der Waals surface area contributed by atoms with Gasteiger partial charge in [-0.3, -0.25) is 4.90 Å². The monoisotopic (exact) mass is 294 g/mol. The topological polar surface area (TPSA) is 57.0 Å². The van der Waals surface area contributed by atoms with Crippen LogP contribution in [0, 0.1) is 0 Å². The van der Waals surface area contributed by atoms with E-state index in [1.807, 2.05) is 19.1 Å². The summed E-state index contributed by atoms with van der Waals surface area (Å²) in [5.74, 6) is 0.851. The first-order chi connectivity index (χ1) is 10.1. The van der Waals surface area contributed by atoms with Gasteiger partial charge in [-0.25, -0.2) is 0 Å². The normalized spacial score (nSPS) is 25.8. The molecular weight excluding hydrogens is 268 g/mol. The third kappa shape index (κ3) is 3.55. The van der Waals surface area contributed by atoms with E-state index in [2.05, 4.69) is 17.0 Å². The number of nitrogens with two attached hydrogens (primary N) is 1. The van der Waals surface area contributed by atoms with Gasteiger partial charge in [0, 0.05) is 39.4 Å². The van der Waals surface area contributed by atoms with Crippen LogP contribution in [0.2, 0.25) is 0 Å². The minimum Gasteiger partial charge on any atom is -0.497 e. The number of rotatable bonds is 6. The molecule has 1 heterocycles. The number of ether oxygens (including phenoxy) is 3. The van der Waals surface area contributed by atoms with E-state index in [1.54, 1.807) is 21.3 Å². The van der Waals surface area contributed by atoms with Crippen LogP contribution in [-0.2, 0) is 9.47 Å². The van der Waals surface area contributed by atoms with Gasteiger partial charge in [0.2, 0.25) is 0 Å². The highest BCUT2D eigenvalue weighted by molar-refractivity contribution is 5.31. The highest BCUT2D eigenvalue weighted by Crippen LogP contribution is 2.31. The Morgan fingerprint density at radius 3 is 2.24 bits per heavy atom. The zero-order valence-corrected chi connectivity index (χ0v) is 13.3. The van der Waals surface area contributed by atoms with E-state index in [1.165, 1.54) is 0 Å². The van der Waals surface area contributed by atoms with Crippen LogP contribution in [0.5, 0.6) is 5.75 Å². The van der Waals surface area contributed by atoms with Gasteiger partial charge < -0.3 is 19.9 Å². The summed E-state index contributed by atoms with van der Waals surface area (Å²) in [7, 11) is 5.14. The average Bonchev–Trinajstić information content (AvgIpc) is 2.90. The lowest BCUT2D eigenvalue weighted by molar-refractivity contribution is -0.00461. The highest BCUT2D eigenvalue weighted by Gasteiger charge is 2.38. The first-order valence-corrected chi connectivity index (χ1v) is 7.29. The van der Waals surface area contributed by atoms with Gasteiger partial charge in [0.15, 0.2) is 0 Å². The summed E-state index contributed by atoms with van der Waals surface area (Å²) in [5, 5.41) is 0. The van der Waals surface area contributed by atoms with Gasteiger partial charge >= 0.3 is 0 Å². The molecule has 1 aliphatic heterocycles. The Morgan fingerprint density at radius 2 is 1.76 bits per heavy atom. The number of hydrogen-bond donors (Lipinski definition) is 1. The second kappa shape index (κ2) is 7.22. The van der Waals surface area contributed by atoms with Crippen molar-refractivity contribution in [1.82, 2.24) is 4.90 Å². The summed E-state index contributed by atoms with van der Waals surface area (Å²) < 4.78 is 16.4. The summed E-state index contributed by atoms with van der Waals surface area (Å²) >= 11 is 0. The third-order valence-electron chi connectivity index (χ3n) is 4.18. The summed E-state index contributed by atoms with van der Waals surface area (Å²) in [6.45, 7) is 3.67. The Kier molecular flexibility index (Phi) is 5.58. The smallest absolute Gasteiger partial charge is 0.119 e. The maximum Gasteiger partial charge on any atom is 0.119 e. The molecule has 0 saturated carbocycles. The van der Waals surface area contributed by atoms with Crippen LogP contribution in [0.4, 0.5) is 0 Å². The quantitative estimate of drug-likeness (QED) is 0.860. The Bertz CT molecular complexity index is 441. The Labute approximate surface area is 127 Å². The second-order valence-electron chi connectivity index (χ2n) is 5.58. The van der Waals surface area contributed by atoms with Crippen molar-refractivity contribution in [3.8, 4) is 5.75 Å². The maximum absolute atomic E-state index is 6.25. The maximum atomic E-state index is 6.25. The van der Waals surface area contributed by atoms with Crippen molar-refractivity contribution < 1.29 is 14.2 Å². The van der Waals surface area contributed by atoms with Crippen molar-refractivity contribution in [3.05, 3.63) is 29.8 Å². The lowest BCUT2D eigenvalue weighted by atomic mass is 9.99. The van der Waals surface area contributed by atoms with Crippen LogP contribution < -0.4 is 10.5 Å². The predicted molar refractivity (Wildman–Crippen MR) is 82.6 cm³/mol. The molecule has 0 aromatic heterocycles. The summed E-state index contributed by atoms with van der Waals surface area (Å²) in [6, 6.07) is 8.22. The number of methoxy groups -OCH3 is 3. The van der Waals surface area contributed by atoms with E-state index in [9.17, 15) is 0 Å².